The number of aromatic nitrogens is 1. The predicted octanol–water partition coefficient (Wildman–Crippen LogP) is 2.55. The van der Waals surface area contributed by atoms with Crippen molar-refractivity contribution in [3.63, 3.8) is 0 Å². The molecule has 2 aromatic rings. The molecule has 0 radical (unpaired) electrons. The summed E-state index contributed by atoms with van der Waals surface area (Å²) in [6.45, 7) is 2.45. The molecule has 0 amide bonds. The standard InChI is InChI=1S/C13H16ClN3S/c14-11-3-1-10(2-4-11)12-9-18-13(17-12)5-7-16-8-6-15/h1-4,9,16H,5-8,15H2. The molecule has 0 aliphatic carbocycles. The lowest BCUT2D eigenvalue weighted by Crippen LogP contribution is -2.24. The van der Waals surface area contributed by atoms with Gasteiger partial charge in [0.2, 0.25) is 0 Å². The van der Waals surface area contributed by atoms with E-state index in [-0.39, 0.29) is 0 Å². The third kappa shape index (κ3) is 3.78. The van der Waals surface area contributed by atoms with E-state index < -0.39 is 0 Å². The maximum absolute atomic E-state index is 5.87. The van der Waals surface area contributed by atoms with Gasteiger partial charge >= 0.3 is 0 Å². The van der Waals surface area contributed by atoms with Gasteiger partial charge in [0, 0.05) is 42.0 Å². The summed E-state index contributed by atoms with van der Waals surface area (Å²) < 4.78 is 0. The van der Waals surface area contributed by atoms with Crippen LogP contribution in [0.1, 0.15) is 5.01 Å². The largest absolute Gasteiger partial charge is 0.329 e. The molecule has 0 bridgehead atoms. The fourth-order valence-electron chi connectivity index (χ4n) is 1.60. The summed E-state index contributed by atoms with van der Waals surface area (Å²) in [6.07, 6.45) is 0.943. The minimum Gasteiger partial charge on any atom is -0.329 e. The molecule has 0 aliphatic heterocycles. The SMILES string of the molecule is NCCNCCc1nc(-c2ccc(Cl)cc2)cs1. The van der Waals surface area contributed by atoms with Crippen molar-refractivity contribution in [1.82, 2.24) is 10.3 Å². The van der Waals surface area contributed by atoms with Gasteiger partial charge in [0.05, 0.1) is 10.7 Å². The van der Waals surface area contributed by atoms with Crippen molar-refractivity contribution >= 4 is 22.9 Å². The Kier molecular flexibility index (Phi) is 5.13. The first-order valence-electron chi connectivity index (χ1n) is 5.90. The summed E-state index contributed by atoms with van der Waals surface area (Å²) in [4.78, 5) is 4.61. The fourth-order valence-corrected chi connectivity index (χ4v) is 2.53. The zero-order chi connectivity index (χ0) is 12.8. The second kappa shape index (κ2) is 6.85. The van der Waals surface area contributed by atoms with Crippen LogP contribution in [0, 0.1) is 0 Å². The van der Waals surface area contributed by atoms with E-state index in [4.69, 9.17) is 17.3 Å². The predicted molar refractivity (Wildman–Crippen MR) is 78.2 cm³/mol. The molecular weight excluding hydrogens is 266 g/mol. The van der Waals surface area contributed by atoms with E-state index in [2.05, 4.69) is 15.7 Å². The van der Waals surface area contributed by atoms with Crippen LogP contribution < -0.4 is 11.1 Å². The molecule has 0 fully saturated rings. The van der Waals surface area contributed by atoms with E-state index in [0.717, 1.165) is 40.8 Å². The Morgan fingerprint density at radius 2 is 2.00 bits per heavy atom. The summed E-state index contributed by atoms with van der Waals surface area (Å²) in [5.74, 6) is 0. The number of nitrogens with two attached hydrogens (primary N) is 1. The molecular formula is C13H16ClN3S. The molecule has 2 rings (SSSR count). The van der Waals surface area contributed by atoms with Gasteiger partial charge in [0.25, 0.3) is 0 Å². The Labute approximate surface area is 116 Å². The highest BCUT2D eigenvalue weighted by Crippen LogP contribution is 2.23. The van der Waals surface area contributed by atoms with Gasteiger partial charge in [-0.15, -0.1) is 11.3 Å². The van der Waals surface area contributed by atoms with Crippen LogP contribution in [0.3, 0.4) is 0 Å². The number of benzene rings is 1. The molecule has 0 saturated carbocycles. The van der Waals surface area contributed by atoms with E-state index in [0.29, 0.717) is 6.54 Å². The maximum Gasteiger partial charge on any atom is 0.0945 e. The van der Waals surface area contributed by atoms with Gasteiger partial charge < -0.3 is 11.1 Å². The van der Waals surface area contributed by atoms with Gasteiger partial charge in [-0.25, -0.2) is 4.98 Å². The zero-order valence-corrected chi connectivity index (χ0v) is 11.6. The molecule has 1 aromatic carbocycles. The molecule has 3 N–H and O–H groups in total. The van der Waals surface area contributed by atoms with Crippen LogP contribution in [0.15, 0.2) is 29.6 Å². The molecule has 0 unspecified atom stereocenters. The quantitative estimate of drug-likeness (QED) is 0.800. The van der Waals surface area contributed by atoms with Crippen molar-refractivity contribution in [2.45, 2.75) is 6.42 Å². The number of halogens is 1. The molecule has 96 valence electrons. The van der Waals surface area contributed by atoms with Crippen molar-refractivity contribution in [3.05, 3.63) is 39.7 Å². The Bertz CT molecular complexity index is 481. The molecule has 0 atom stereocenters. The molecule has 1 aromatic heterocycles. The molecule has 0 aliphatic rings. The van der Waals surface area contributed by atoms with Crippen molar-refractivity contribution in [2.24, 2.45) is 5.73 Å². The van der Waals surface area contributed by atoms with Crippen LogP contribution in [0.4, 0.5) is 0 Å². The number of nitrogens with zero attached hydrogens (tertiary/aromatic N) is 1. The Balaban J connectivity index is 1.95. The van der Waals surface area contributed by atoms with Crippen molar-refractivity contribution in [1.29, 1.82) is 0 Å². The lowest BCUT2D eigenvalue weighted by molar-refractivity contribution is 0.687. The minimum absolute atomic E-state index is 0.674. The number of rotatable bonds is 6. The smallest absolute Gasteiger partial charge is 0.0945 e. The Hall–Kier alpha value is -0.940. The van der Waals surface area contributed by atoms with Gasteiger partial charge in [-0.1, -0.05) is 23.7 Å². The molecule has 18 heavy (non-hydrogen) atoms. The maximum atomic E-state index is 5.87. The number of nitrogens with one attached hydrogen (secondary N) is 1. The molecule has 0 spiro atoms. The fraction of sp³-hybridized carbons (Fsp3) is 0.308. The Morgan fingerprint density at radius 1 is 1.22 bits per heavy atom. The van der Waals surface area contributed by atoms with E-state index in [9.17, 15) is 0 Å². The van der Waals surface area contributed by atoms with Gasteiger partial charge in [0.15, 0.2) is 0 Å². The third-order valence-corrected chi connectivity index (χ3v) is 3.69. The lowest BCUT2D eigenvalue weighted by Gasteiger charge is -1.99. The normalized spacial score (nSPS) is 10.8. The second-order valence-electron chi connectivity index (χ2n) is 3.92. The first-order valence-corrected chi connectivity index (χ1v) is 7.16. The highest BCUT2D eigenvalue weighted by Gasteiger charge is 2.04. The molecule has 5 heteroatoms. The highest BCUT2D eigenvalue weighted by atomic mass is 35.5. The summed E-state index contributed by atoms with van der Waals surface area (Å²) in [7, 11) is 0. The molecule has 3 nitrogen and oxygen atoms in total. The number of thiazole rings is 1. The van der Waals surface area contributed by atoms with E-state index in [1.54, 1.807) is 11.3 Å². The summed E-state index contributed by atoms with van der Waals surface area (Å²) in [5.41, 5.74) is 7.54. The van der Waals surface area contributed by atoms with Crippen LogP contribution in [0.2, 0.25) is 5.02 Å². The molecule has 0 saturated heterocycles. The first-order chi connectivity index (χ1) is 8.79. The second-order valence-corrected chi connectivity index (χ2v) is 5.30. The third-order valence-electron chi connectivity index (χ3n) is 2.53. The van der Waals surface area contributed by atoms with Crippen LogP contribution in [0.5, 0.6) is 0 Å². The molecule has 1 heterocycles. The van der Waals surface area contributed by atoms with Crippen molar-refractivity contribution in [3.8, 4) is 11.3 Å². The summed E-state index contributed by atoms with van der Waals surface area (Å²) in [5, 5.41) is 7.24. The van der Waals surface area contributed by atoms with Crippen LogP contribution in [0.25, 0.3) is 11.3 Å². The topological polar surface area (TPSA) is 50.9 Å². The van der Waals surface area contributed by atoms with Crippen LogP contribution >= 0.6 is 22.9 Å². The summed E-state index contributed by atoms with van der Waals surface area (Å²) in [6, 6.07) is 7.76. The average Bonchev–Trinajstić information content (AvgIpc) is 2.84. The minimum atomic E-state index is 0.674. The van der Waals surface area contributed by atoms with Crippen LogP contribution in [-0.4, -0.2) is 24.6 Å². The van der Waals surface area contributed by atoms with E-state index in [1.807, 2.05) is 24.3 Å². The van der Waals surface area contributed by atoms with E-state index >= 15 is 0 Å². The Morgan fingerprint density at radius 3 is 2.72 bits per heavy atom. The average molecular weight is 282 g/mol. The van der Waals surface area contributed by atoms with E-state index in [1.165, 1.54) is 0 Å². The summed E-state index contributed by atoms with van der Waals surface area (Å²) >= 11 is 7.56. The first kappa shape index (κ1) is 13.5. The lowest BCUT2D eigenvalue weighted by atomic mass is 10.2. The van der Waals surface area contributed by atoms with Crippen molar-refractivity contribution in [2.75, 3.05) is 19.6 Å². The zero-order valence-electron chi connectivity index (χ0n) is 10.0. The highest BCUT2D eigenvalue weighted by molar-refractivity contribution is 7.09. The van der Waals surface area contributed by atoms with Gasteiger partial charge in [-0.2, -0.15) is 0 Å². The van der Waals surface area contributed by atoms with Gasteiger partial charge in [-0.05, 0) is 12.1 Å². The van der Waals surface area contributed by atoms with Crippen LogP contribution in [-0.2, 0) is 6.42 Å². The van der Waals surface area contributed by atoms with Gasteiger partial charge in [-0.3, -0.25) is 0 Å². The van der Waals surface area contributed by atoms with Crippen molar-refractivity contribution < 1.29 is 0 Å². The monoisotopic (exact) mass is 281 g/mol. The number of hydrogen-bond donors (Lipinski definition) is 2. The number of hydrogen-bond acceptors (Lipinski definition) is 4. The van der Waals surface area contributed by atoms with Gasteiger partial charge in [0.1, 0.15) is 0 Å².